The molecule has 1 atom stereocenters. The number of piperidine rings is 1. The minimum absolute atomic E-state index is 0.277. The Balaban J connectivity index is 1.28. The van der Waals surface area contributed by atoms with E-state index in [-0.39, 0.29) is 5.82 Å². The van der Waals surface area contributed by atoms with E-state index in [2.05, 4.69) is 9.88 Å². The summed E-state index contributed by atoms with van der Waals surface area (Å²) in [5.41, 5.74) is 1.14. The third-order valence-electron chi connectivity index (χ3n) is 5.48. The van der Waals surface area contributed by atoms with Crippen molar-refractivity contribution in [2.24, 2.45) is 0 Å². The van der Waals surface area contributed by atoms with Gasteiger partial charge in [0.1, 0.15) is 11.6 Å². The molecule has 0 spiro atoms. The van der Waals surface area contributed by atoms with Crippen LogP contribution in [0.15, 0.2) is 56.6 Å². The van der Waals surface area contributed by atoms with Crippen LogP contribution in [-0.4, -0.2) is 50.5 Å². The topological polar surface area (TPSA) is 92.5 Å². The van der Waals surface area contributed by atoms with Gasteiger partial charge in [-0.3, -0.25) is 9.88 Å². The summed E-state index contributed by atoms with van der Waals surface area (Å²) in [6, 6.07) is 11.3. The number of halogens is 1. The van der Waals surface area contributed by atoms with Crippen molar-refractivity contribution in [2.75, 3.05) is 25.4 Å². The summed E-state index contributed by atoms with van der Waals surface area (Å²) in [6.07, 6.45) is 1.75. The maximum absolute atomic E-state index is 13.0. The number of H-pyrrole nitrogens is 1. The Bertz CT molecular complexity index is 1030. The standard InChI is InChI=1S/C21H23FN2O4S/c22-16-3-1-15(2-4-16)14-21(26)7-9-24(10-8-21)11-12-29(27)17-5-6-18-19(13-17)28-20(25)23-18/h1-6,13,26H,7-12,14H2,(H,23,25). The second kappa shape index (κ2) is 8.31. The Morgan fingerprint density at radius 1 is 1.21 bits per heavy atom. The molecule has 154 valence electrons. The van der Waals surface area contributed by atoms with Crippen molar-refractivity contribution >= 4 is 22.3 Å². The number of fused-ring (bicyclic) bond motifs is 1. The molecular formula is C21H23FN2O4S. The molecular weight excluding hydrogens is 395 g/mol. The first kappa shape index (κ1) is 20.2. The first-order valence-corrected chi connectivity index (χ1v) is 10.9. The van der Waals surface area contributed by atoms with E-state index in [0.717, 1.165) is 18.7 Å². The molecule has 8 heteroatoms. The van der Waals surface area contributed by atoms with Crippen LogP contribution in [0, 0.1) is 5.82 Å². The number of rotatable bonds is 6. The second-order valence-corrected chi connectivity index (χ2v) is 9.16. The zero-order valence-electron chi connectivity index (χ0n) is 15.9. The van der Waals surface area contributed by atoms with Gasteiger partial charge in [-0.1, -0.05) is 12.1 Å². The SMILES string of the molecule is O=c1[nH]c2ccc([S+]([O-])CCN3CCC(O)(Cc4ccc(F)cc4)CC3)cc2o1. The van der Waals surface area contributed by atoms with Crippen LogP contribution in [0.5, 0.6) is 0 Å². The van der Waals surface area contributed by atoms with Gasteiger partial charge in [-0.25, -0.2) is 9.18 Å². The monoisotopic (exact) mass is 418 g/mol. The van der Waals surface area contributed by atoms with E-state index < -0.39 is 22.5 Å². The van der Waals surface area contributed by atoms with Gasteiger partial charge in [0.05, 0.1) is 11.1 Å². The third-order valence-corrected chi connectivity index (χ3v) is 6.81. The summed E-state index contributed by atoms with van der Waals surface area (Å²) >= 11 is -1.20. The van der Waals surface area contributed by atoms with Gasteiger partial charge < -0.3 is 14.1 Å². The smallest absolute Gasteiger partial charge is 0.417 e. The highest BCUT2D eigenvalue weighted by Gasteiger charge is 2.32. The van der Waals surface area contributed by atoms with Gasteiger partial charge >= 0.3 is 5.76 Å². The van der Waals surface area contributed by atoms with Crippen molar-refractivity contribution in [2.45, 2.75) is 29.8 Å². The Hall–Kier alpha value is -2.13. The van der Waals surface area contributed by atoms with Crippen LogP contribution >= 0.6 is 0 Å². The molecule has 1 aliphatic heterocycles. The number of hydrogen-bond donors (Lipinski definition) is 2. The quantitative estimate of drug-likeness (QED) is 0.600. The maximum Gasteiger partial charge on any atom is 0.417 e. The number of likely N-dealkylation sites (tertiary alicyclic amines) is 1. The van der Waals surface area contributed by atoms with Crippen molar-refractivity contribution in [3.63, 3.8) is 0 Å². The Morgan fingerprint density at radius 2 is 1.93 bits per heavy atom. The summed E-state index contributed by atoms with van der Waals surface area (Å²) < 4.78 is 30.7. The number of nitrogens with one attached hydrogen (secondary N) is 1. The van der Waals surface area contributed by atoms with Crippen molar-refractivity contribution in [3.8, 4) is 0 Å². The lowest BCUT2D eigenvalue weighted by atomic mass is 9.85. The van der Waals surface area contributed by atoms with Crippen molar-refractivity contribution in [1.29, 1.82) is 0 Å². The molecule has 0 aliphatic carbocycles. The van der Waals surface area contributed by atoms with Gasteiger partial charge in [0, 0.05) is 32.1 Å². The molecule has 29 heavy (non-hydrogen) atoms. The lowest BCUT2D eigenvalue weighted by Crippen LogP contribution is -2.46. The summed E-state index contributed by atoms with van der Waals surface area (Å²) in [5.74, 6) is -0.331. The van der Waals surface area contributed by atoms with Crippen LogP contribution in [0.2, 0.25) is 0 Å². The Morgan fingerprint density at radius 3 is 2.66 bits per heavy atom. The molecule has 4 rings (SSSR count). The summed E-state index contributed by atoms with van der Waals surface area (Å²) in [7, 11) is 0. The van der Waals surface area contributed by atoms with Gasteiger partial charge in [-0.2, -0.15) is 0 Å². The van der Waals surface area contributed by atoms with E-state index in [9.17, 15) is 18.8 Å². The summed E-state index contributed by atoms with van der Waals surface area (Å²) in [4.78, 5) is 16.6. The fraction of sp³-hybridized carbons (Fsp3) is 0.381. The normalized spacial score (nSPS) is 18.2. The number of oxazole rings is 1. The van der Waals surface area contributed by atoms with Gasteiger partial charge in [-0.05, 0) is 53.8 Å². The van der Waals surface area contributed by atoms with Gasteiger partial charge in [0.25, 0.3) is 0 Å². The fourth-order valence-electron chi connectivity index (χ4n) is 3.75. The average Bonchev–Trinajstić information content (AvgIpc) is 3.08. The fourth-order valence-corrected chi connectivity index (χ4v) is 4.87. The van der Waals surface area contributed by atoms with E-state index in [1.54, 1.807) is 30.3 Å². The maximum atomic E-state index is 13.0. The molecule has 6 nitrogen and oxygen atoms in total. The molecule has 0 radical (unpaired) electrons. The van der Waals surface area contributed by atoms with Gasteiger partial charge in [0.15, 0.2) is 10.5 Å². The van der Waals surface area contributed by atoms with E-state index >= 15 is 0 Å². The molecule has 0 saturated carbocycles. The molecule has 0 bridgehead atoms. The first-order chi connectivity index (χ1) is 13.9. The third kappa shape index (κ3) is 4.90. The summed E-state index contributed by atoms with van der Waals surface area (Å²) in [5, 5.41) is 10.9. The molecule has 1 aromatic heterocycles. The highest BCUT2D eigenvalue weighted by Crippen LogP contribution is 2.27. The van der Waals surface area contributed by atoms with Crippen LogP contribution in [0.1, 0.15) is 18.4 Å². The molecule has 2 N–H and O–H groups in total. The van der Waals surface area contributed by atoms with E-state index in [1.165, 1.54) is 12.1 Å². The van der Waals surface area contributed by atoms with Crippen molar-refractivity contribution in [1.82, 2.24) is 9.88 Å². The molecule has 2 aromatic carbocycles. The van der Waals surface area contributed by atoms with Crippen LogP contribution in [0.3, 0.4) is 0 Å². The molecule has 1 fully saturated rings. The number of nitrogens with zero attached hydrogens (tertiary/aromatic N) is 1. The number of aliphatic hydroxyl groups is 1. The number of aromatic nitrogens is 1. The lowest BCUT2D eigenvalue weighted by Gasteiger charge is -2.38. The van der Waals surface area contributed by atoms with E-state index in [4.69, 9.17) is 4.42 Å². The minimum Gasteiger partial charge on any atom is -0.611 e. The van der Waals surface area contributed by atoms with E-state index in [1.807, 2.05) is 0 Å². The molecule has 1 aliphatic rings. The largest absolute Gasteiger partial charge is 0.611 e. The highest BCUT2D eigenvalue weighted by molar-refractivity contribution is 7.91. The lowest BCUT2D eigenvalue weighted by molar-refractivity contribution is -0.0192. The zero-order valence-corrected chi connectivity index (χ0v) is 16.7. The average molecular weight is 418 g/mol. The number of aromatic amines is 1. The van der Waals surface area contributed by atoms with Gasteiger partial charge in [0.2, 0.25) is 0 Å². The van der Waals surface area contributed by atoms with Crippen LogP contribution in [-0.2, 0) is 17.6 Å². The molecule has 1 saturated heterocycles. The predicted molar refractivity (Wildman–Crippen MR) is 109 cm³/mol. The summed E-state index contributed by atoms with van der Waals surface area (Å²) in [6.45, 7) is 2.11. The molecule has 1 unspecified atom stereocenters. The van der Waals surface area contributed by atoms with Gasteiger partial charge in [-0.15, -0.1) is 0 Å². The minimum atomic E-state index is -1.20. The van der Waals surface area contributed by atoms with Crippen molar-refractivity contribution in [3.05, 3.63) is 64.4 Å². The first-order valence-electron chi connectivity index (χ1n) is 9.61. The number of hydrogen-bond acceptors (Lipinski definition) is 5. The van der Waals surface area contributed by atoms with E-state index in [0.29, 0.717) is 47.6 Å². The van der Waals surface area contributed by atoms with Crippen molar-refractivity contribution < 1.29 is 18.5 Å². The molecule has 0 amide bonds. The Kier molecular flexibility index (Phi) is 5.78. The number of benzene rings is 2. The molecule has 3 aromatic rings. The Labute approximate surface area is 170 Å². The molecule has 2 heterocycles. The van der Waals surface area contributed by atoms with Crippen LogP contribution in [0.25, 0.3) is 11.1 Å². The highest BCUT2D eigenvalue weighted by atomic mass is 32.2. The zero-order chi connectivity index (χ0) is 20.4. The predicted octanol–water partition coefficient (Wildman–Crippen LogP) is 2.44. The van der Waals surface area contributed by atoms with Crippen LogP contribution < -0.4 is 5.76 Å². The van der Waals surface area contributed by atoms with Crippen LogP contribution in [0.4, 0.5) is 4.39 Å². The second-order valence-electron chi connectivity index (χ2n) is 7.59.